The van der Waals surface area contributed by atoms with E-state index in [4.69, 9.17) is 9.47 Å². The van der Waals surface area contributed by atoms with Crippen LogP contribution < -0.4 is 0 Å². The monoisotopic (exact) mass is 286 g/mol. The fourth-order valence-corrected chi connectivity index (χ4v) is 3.04. The van der Waals surface area contributed by atoms with Crippen LogP contribution in [-0.2, 0) is 14.3 Å². The SMILES string of the molecule is CCCCC[C@H]1OC(=O)[C@H](C)[C@H](O)[C@@H](O)[C@H]2CC[C@@H]1O2. The molecule has 2 aliphatic heterocycles. The van der Waals surface area contributed by atoms with E-state index in [-0.39, 0.29) is 18.3 Å². The summed E-state index contributed by atoms with van der Waals surface area (Å²) in [5.74, 6) is -1.16. The summed E-state index contributed by atoms with van der Waals surface area (Å²) in [7, 11) is 0. The van der Waals surface area contributed by atoms with Crippen LogP contribution in [0.1, 0.15) is 52.4 Å². The first-order chi connectivity index (χ1) is 9.54. The molecule has 0 radical (unpaired) electrons. The number of cyclic esters (lactones) is 1. The number of unbranched alkanes of at least 4 members (excludes halogenated alkanes) is 2. The number of aliphatic hydroxyl groups excluding tert-OH is 2. The highest BCUT2D eigenvalue weighted by molar-refractivity contribution is 5.73. The highest BCUT2D eigenvalue weighted by Gasteiger charge is 2.44. The van der Waals surface area contributed by atoms with Crippen molar-refractivity contribution in [3.63, 3.8) is 0 Å². The molecule has 0 unspecified atom stereocenters. The summed E-state index contributed by atoms with van der Waals surface area (Å²) in [4.78, 5) is 12.0. The van der Waals surface area contributed by atoms with E-state index >= 15 is 0 Å². The predicted octanol–water partition coefficient (Wildman–Crippen LogP) is 1.40. The molecule has 2 bridgehead atoms. The first-order valence-electron chi connectivity index (χ1n) is 7.76. The second kappa shape index (κ2) is 6.87. The number of carbonyl (C=O) groups excluding carboxylic acids is 1. The average Bonchev–Trinajstić information content (AvgIpc) is 2.93. The molecule has 2 fully saturated rings. The third kappa shape index (κ3) is 3.32. The Balaban J connectivity index is 2.08. The van der Waals surface area contributed by atoms with Crippen LogP contribution in [0.25, 0.3) is 0 Å². The maximum atomic E-state index is 12.0. The molecule has 5 nitrogen and oxygen atoms in total. The molecule has 0 amide bonds. The van der Waals surface area contributed by atoms with Crippen LogP contribution in [0.4, 0.5) is 0 Å². The zero-order valence-electron chi connectivity index (χ0n) is 12.3. The number of hydrogen-bond acceptors (Lipinski definition) is 5. The number of esters is 1. The molecule has 2 aliphatic rings. The molecule has 0 aromatic heterocycles. The van der Waals surface area contributed by atoms with Crippen LogP contribution in [0.2, 0.25) is 0 Å². The Morgan fingerprint density at radius 3 is 2.55 bits per heavy atom. The maximum Gasteiger partial charge on any atom is 0.311 e. The van der Waals surface area contributed by atoms with Crippen molar-refractivity contribution in [3.8, 4) is 0 Å². The van der Waals surface area contributed by atoms with Crippen molar-refractivity contribution < 1.29 is 24.5 Å². The van der Waals surface area contributed by atoms with Crippen molar-refractivity contribution in [2.45, 2.75) is 82.9 Å². The van der Waals surface area contributed by atoms with Gasteiger partial charge in [0.2, 0.25) is 0 Å². The summed E-state index contributed by atoms with van der Waals surface area (Å²) in [6, 6.07) is 0. The third-order valence-electron chi connectivity index (χ3n) is 4.47. The lowest BCUT2D eigenvalue weighted by Crippen LogP contribution is -2.43. The van der Waals surface area contributed by atoms with E-state index in [0.717, 1.165) is 32.1 Å². The lowest BCUT2D eigenvalue weighted by atomic mass is 9.93. The molecule has 2 heterocycles. The molecule has 116 valence electrons. The highest BCUT2D eigenvalue weighted by Crippen LogP contribution is 2.32. The van der Waals surface area contributed by atoms with Gasteiger partial charge in [-0.2, -0.15) is 0 Å². The molecule has 0 aromatic rings. The van der Waals surface area contributed by atoms with Gasteiger partial charge in [-0.15, -0.1) is 0 Å². The lowest BCUT2D eigenvalue weighted by Gasteiger charge is -2.25. The van der Waals surface area contributed by atoms with E-state index in [9.17, 15) is 15.0 Å². The molecule has 20 heavy (non-hydrogen) atoms. The summed E-state index contributed by atoms with van der Waals surface area (Å²) in [5.41, 5.74) is 0. The molecule has 0 spiro atoms. The minimum absolute atomic E-state index is 0.145. The van der Waals surface area contributed by atoms with Gasteiger partial charge in [0, 0.05) is 0 Å². The lowest BCUT2D eigenvalue weighted by molar-refractivity contribution is -0.162. The molecule has 6 atom stereocenters. The van der Waals surface area contributed by atoms with Gasteiger partial charge in [0.1, 0.15) is 12.2 Å². The first kappa shape index (κ1) is 15.7. The van der Waals surface area contributed by atoms with E-state index in [2.05, 4.69) is 6.92 Å². The number of aliphatic hydroxyl groups is 2. The molecular weight excluding hydrogens is 260 g/mol. The van der Waals surface area contributed by atoms with Gasteiger partial charge in [0.25, 0.3) is 0 Å². The molecule has 2 rings (SSSR count). The van der Waals surface area contributed by atoms with Gasteiger partial charge in [-0.25, -0.2) is 0 Å². The topological polar surface area (TPSA) is 76.0 Å². The van der Waals surface area contributed by atoms with Gasteiger partial charge in [-0.3, -0.25) is 4.79 Å². The maximum absolute atomic E-state index is 12.0. The Hall–Kier alpha value is -0.650. The molecular formula is C15H26O5. The van der Waals surface area contributed by atoms with Gasteiger partial charge in [-0.05, 0) is 32.6 Å². The molecule has 2 N–H and O–H groups in total. The van der Waals surface area contributed by atoms with Crippen molar-refractivity contribution >= 4 is 5.97 Å². The molecule has 0 aliphatic carbocycles. The van der Waals surface area contributed by atoms with Crippen molar-refractivity contribution in [2.24, 2.45) is 5.92 Å². The summed E-state index contributed by atoms with van der Waals surface area (Å²) >= 11 is 0. The molecule has 5 heteroatoms. The summed E-state index contributed by atoms with van der Waals surface area (Å²) in [6.07, 6.45) is 2.55. The van der Waals surface area contributed by atoms with E-state index in [0.29, 0.717) is 6.42 Å². The van der Waals surface area contributed by atoms with E-state index in [1.165, 1.54) is 0 Å². The van der Waals surface area contributed by atoms with E-state index < -0.39 is 24.1 Å². The highest BCUT2D eigenvalue weighted by atomic mass is 16.6. The van der Waals surface area contributed by atoms with Crippen molar-refractivity contribution in [1.29, 1.82) is 0 Å². The average molecular weight is 286 g/mol. The fourth-order valence-electron chi connectivity index (χ4n) is 3.04. The van der Waals surface area contributed by atoms with Crippen LogP contribution in [0.15, 0.2) is 0 Å². The van der Waals surface area contributed by atoms with Crippen LogP contribution in [0, 0.1) is 5.92 Å². The largest absolute Gasteiger partial charge is 0.459 e. The van der Waals surface area contributed by atoms with Crippen LogP contribution in [-0.4, -0.2) is 46.7 Å². The second-order valence-electron chi connectivity index (χ2n) is 6.03. The first-order valence-corrected chi connectivity index (χ1v) is 7.76. The summed E-state index contributed by atoms with van der Waals surface area (Å²) in [6.45, 7) is 3.73. The fraction of sp³-hybridized carbons (Fsp3) is 0.933. The van der Waals surface area contributed by atoms with Crippen molar-refractivity contribution in [1.82, 2.24) is 0 Å². The van der Waals surface area contributed by atoms with Gasteiger partial charge < -0.3 is 19.7 Å². The van der Waals surface area contributed by atoms with Gasteiger partial charge in [0.15, 0.2) is 0 Å². The van der Waals surface area contributed by atoms with Crippen LogP contribution >= 0.6 is 0 Å². The Morgan fingerprint density at radius 1 is 1.15 bits per heavy atom. The zero-order chi connectivity index (χ0) is 14.7. The minimum Gasteiger partial charge on any atom is -0.459 e. The number of carbonyl (C=O) groups is 1. The van der Waals surface area contributed by atoms with Gasteiger partial charge in [0.05, 0.1) is 24.2 Å². The molecule has 0 aromatic carbocycles. The Labute approximate surface area is 120 Å². The van der Waals surface area contributed by atoms with Crippen LogP contribution in [0.3, 0.4) is 0 Å². The minimum atomic E-state index is -1.12. The predicted molar refractivity (Wildman–Crippen MR) is 73.1 cm³/mol. The Kier molecular flexibility index (Phi) is 5.41. The van der Waals surface area contributed by atoms with Gasteiger partial charge in [-0.1, -0.05) is 19.8 Å². The van der Waals surface area contributed by atoms with E-state index in [1.54, 1.807) is 6.92 Å². The quantitative estimate of drug-likeness (QED) is 0.603. The standard InChI is InChI=1S/C15H26O5/c1-3-4-5-6-10-11-7-8-12(19-11)14(17)13(16)9(2)15(18)20-10/h9-14,16-17H,3-8H2,1-2H3/t9-,10-,11+,12-,13+,14+/m1/s1. The number of ether oxygens (including phenoxy) is 2. The smallest absolute Gasteiger partial charge is 0.311 e. The summed E-state index contributed by atoms with van der Waals surface area (Å²) < 4.78 is 11.4. The number of hydrogen-bond donors (Lipinski definition) is 2. The summed E-state index contributed by atoms with van der Waals surface area (Å²) in [5, 5.41) is 20.1. The molecule has 0 saturated carbocycles. The van der Waals surface area contributed by atoms with Gasteiger partial charge >= 0.3 is 5.97 Å². The third-order valence-corrected chi connectivity index (χ3v) is 4.47. The number of fused-ring (bicyclic) bond motifs is 2. The number of rotatable bonds is 4. The second-order valence-corrected chi connectivity index (χ2v) is 6.03. The van der Waals surface area contributed by atoms with Crippen LogP contribution in [0.5, 0.6) is 0 Å². The van der Waals surface area contributed by atoms with E-state index in [1.807, 2.05) is 0 Å². The van der Waals surface area contributed by atoms with Crippen molar-refractivity contribution in [3.05, 3.63) is 0 Å². The Morgan fingerprint density at radius 2 is 1.85 bits per heavy atom. The Bertz CT molecular complexity index is 332. The van der Waals surface area contributed by atoms with Crippen molar-refractivity contribution in [2.75, 3.05) is 0 Å². The zero-order valence-corrected chi connectivity index (χ0v) is 12.3. The molecule has 2 saturated heterocycles. The normalized spacial score (nSPS) is 41.7.